The van der Waals surface area contributed by atoms with Crippen molar-refractivity contribution < 1.29 is 8.42 Å². The molecule has 1 aliphatic rings. The van der Waals surface area contributed by atoms with Crippen LogP contribution >= 0.6 is 11.6 Å². The van der Waals surface area contributed by atoms with Crippen LogP contribution in [0.3, 0.4) is 0 Å². The molecular weight excluding hydrogens is 358 g/mol. The number of rotatable bonds is 6. The largest absolute Gasteiger partial charge is 0.310 e. The smallest absolute Gasteiger partial charge is 0.242 e. The second-order valence-electron chi connectivity index (χ2n) is 6.35. The first-order chi connectivity index (χ1) is 12.0. The molecule has 0 aliphatic heterocycles. The summed E-state index contributed by atoms with van der Waals surface area (Å²) >= 11 is 5.71. The fraction of sp³-hybridized carbons (Fsp3) is 0.389. The summed E-state index contributed by atoms with van der Waals surface area (Å²) < 4.78 is 27.6. The summed E-state index contributed by atoms with van der Waals surface area (Å²) in [4.78, 5) is 3.99. The molecule has 0 amide bonds. The highest BCUT2D eigenvalue weighted by atomic mass is 35.5. The first-order valence-corrected chi connectivity index (χ1v) is 10.3. The van der Waals surface area contributed by atoms with Crippen LogP contribution in [0.1, 0.15) is 31.2 Å². The van der Waals surface area contributed by atoms with E-state index in [4.69, 9.17) is 11.6 Å². The van der Waals surface area contributed by atoms with E-state index in [2.05, 4.69) is 27.2 Å². The van der Waals surface area contributed by atoms with Gasteiger partial charge in [0, 0.05) is 24.8 Å². The van der Waals surface area contributed by atoms with Crippen LogP contribution in [0.2, 0.25) is 5.15 Å². The number of pyridine rings is 1. The van der Waals surface area contributed by atoms with E-state index >= 15 is 0 Å². The van der Waals surface area contributed by atoms with Crippen LogP contribution in [-0.2, 0) is 16.6 Å². The van der Waals surface area contributed by atoms with E-state index in [0.717, 1.165) is 32.2 Å². The Kier molecular flexibility index (Phi) is 6.06. The first kappa shape index (κ1) is 18.3. The van der Waals surface area contributed by atoms with Crippen LogP contribution in [0.15, 0.2) is 53.6 Å². The Balaban J connectivity index is 1.48. The van der Waals surface area contributed by atoms with Gasteiger partial charge in [-0.25, -0.2) is 18.1 Å². The summed E-state index contributed by atoms with van der Waals surface area (Å²) in [6, 6.07) is 13.7. The van der Waals surface area contributed by atoms with Crippen molar-refractivity contribution in [2.45, 2.75) is 49.2 Å². The van der Waals surface area contributed by atoms with E-state index in [1.165, 1.54) is 23.9 Å². The molecule has 5 nitrogen and oxygen atoms in total. The average molecular weight is 380 g/mol. The van der Waals surface area contributed by atoms with Crippen molar-refractivity contribution in [3.8, 4) is 0 Å². The topological polar surface area (TPSA) is 71.1 Å². The Bertz CT molecular complexity index is 774. The third-order valence-corrected chi connectivity index (χ3v) is 6.23. The number of hydrogen-bond acceptors (Lipinski definition) is 4. The van der Waals surface area contributed by atoms with E-state index in [0.29, 0.717) is 6.04 Å². The Morgan fingerprint density at radius 2 is 1.68 bits per heavy atom. The van der Waals surface area contributed by atoms with Gasteiger partial charge >= 0.3 is 0 Å². The molecule has 1 saturated carbocycles. The van der Waals surface area contributed by atoms with E-state index < -0.39 is 10.0 Å². The van der Waals surface area contributed by atoms with Gasteiger partial charge in [0.15, 0.2) is 0 Å². The van der Waals surface area contributed by atoms with Crippen LogP contribution in [0, 0.1) is 0 Å². The number of sulfonamides is 1. The van der Waals surface area contributed by atoms with Gasteiger partial charge in [-0.15, -0.1) is 0 Å². The highest BCUT2D eigenvalue weighted by molar-refractivity contribution is 7.89. The zero-order chi connectivity index (χ0) is 17.7. The fourth-order valence-electron chi connectivity index (χ4n) is 3.08. The molecule has 2 aromatic rings. The molecule has 0 spiro atoms. The summed E-state index contributed by atoms with van der Waals surface area (Å²) in [5.74, 6) is 0. The number of nitrogens with one attached hydrogen (secondary N) is 2. The molecule has 1 aromatic carbocycles. The Morgan fingerprint density at radius 1 is 1.00 bits per heavy atom. The van der Waals surface area contributed by atoms with Gasteiger partial charge in [-0.05, 0) is 43.4 Å². The SMILES string of the molecule is O=S(=O)(NC1CCC(NCc2ccccc2)CC1)c1ccc(Cl)nc1. The van der Waals surface area contributed by atoms with Gasteiger partial charge < -0.3 is 5.32 Å². The predicted octanol–water partition coefficient (Wildman–Crippen LogP) is 3.11. The summed E-state index contributed by atoms with van der Waals surface area (Å²) in [5.41, 5.74) is 1.26. The van der Waals surface area contributed by atoms with Gasteiger partial charge in [0.25, 0.3) is 0 Å². The first-order valence-electron chi connectivity index (χ1n) is 8.44. The average Bonchev–Trinajstić information content (AvgIpc) is 2.62. The van der Waals surface area contributed by atoms with Crippen LogP contribution < -0.4 is 10.0 Å². The highest BCUT2D eigenvalue weighted by Crippen LogP contribution is 2.21. The molecular formula is C18H22ClN3O2S. The second-order valence-corrected chi connectivity index (χ2v) is 8.45. The van der Waals surface area contributed by atoms with E-state index in [9.17, 15) is 8.42 Å². The van der Waals surface area contributed by atoms with Crippen LogP contribution in [0.25, 0.3) is 0 Å². The lowest BCUT2D eigenvalue weighted by Gasteiger charge is -2.29. The zero-order valence-corrected chi connectivity index (χ0v) is 15.4. The molecule has 1 fully saturated rings. The minimum absolute atomic E-state index is 0.0320. The van der Waals surface area contributed by atoms with Gasteiger partial charge in [0.1, 0.15) is 10.0 Å². The molecule has 2 N–H and O–H groups in total. The van der Waals surface area contributed by atoms with Gasteiger partial charge in [0.2, 0.25) is 10.0 Å². The Hall–Kier alpha value is -1.47. The minimum atomic E-state index is -3.54. The van der Waals surface area contributed by atoms with Gasteiger partial charge in [-0.2, -0.15) is 0 Å². The van der Waals surface area contributed by atoms with E-state index in [1.807, 2.05) is 18.2 Å². The molecule has 1 heterocycles. The maximum Gasteiger partial charge on any atom is 0.242 e. The van der Waals surface area contributed by atoms with Crippen molar-refractivity contribution in [2.75, 3.05) is 0 Å². The lowest BCUT2D eigenvalue weighted by atomic mass is 9.92. The van der Waals surface area contributed by atoms with Crippen LogP contribution in [-0.4, -0.2) is 25.5 Å². The van der Waals surface area contributed by atoms with Crippen molar-refractivity contribution in [1.82, 2.24) is 15.0 Å². The van der Waals surface area contributed by atoms with E-state index in [-0.39, 0.29) is 16.1 Å². The molecule has 3 rings (SSSR count). The summed E-state index contributed by atoms with van der Waals surface area (Å²) in [7, 11) is -3.54. The van der Waals surface area contributed by atoms with Crippen LogP contribution in [0.4, 0.5) is 0 Å². The summed E-state index contributed by atoms with van der Waals surface area (Å²) in [5, 5.41) is 3.84. The number of benzene rings is 1. The second kappa shape index (κ2) is 8.27. The number of halogens is 1. The van der Waals surface area contributed by atoms with Crippen molar-refractivity contribution in [2.24, 2.45) is 0 Å². The molecule has 0 bridgehead atoms. The van der Waals surface area contributed by atoms with Crippen LogP contribution in [0.5, 0.6) is 0 Å². The summed E-state index contributed by atoms with van der Waals surface area (Å²) in [6.45, 7) is 0.846. The molecule has 0 radical (unpaired) electrons. The third kappa shape index (κ3) is 5.25. The maximum atomic E-state index is 12.4. The predicted molar refractivity (Wildman–Crippen MR) is 98.9 cm³/mol. The number of hydrogen-bond donors (Lipinski definition) is 2. The highest BCUT2D eigenvalue weighted by Gasteiger charge is 2.25. The molecule has 25 heavy (non-hydrogen) atoms. The molecule has 0 saturated heterocycles. The lowest BCUT2D eigenvalue weighted by molar-refractivity contribution is 0.328. The molecule has 7 heteroatoms. The van der Waals surface area contributed by atoms with Crippen molar-refractivity contribution >= 4 is 21.6 Å². The Labute approximate surface area is 153 Å². The summed E-state index contributed by atoms with van der Waals surface area (Å²) in [6.07, 6.45) is 4.86. The zero-order valence-electron chi connectivity index (χ0n) is 13.9. The lowest BCUT2D eigenvalue weighted by Crippen LogP contribution is -2.42. The van der Waals surface area contributed by atoms with Crippen molar-refractivity contribution in [3.05, 3.63) is 59.4 Å². The molecule has 1 aromatic heterocycles. The van der Waals surface area contributed by atoms with Gasteiger partial charge in [-0.3, -0.25) is 0 Å². The number of aromatic nitrogens is 1. The fourth-order valence-corrected chi connectivity index (χ4v) is 4.44. The Morgan fingerprint density at radius 3 is 2.32 bits per heavy atom. The van der Waals surface area contributed by atoms with Gasteiger partial charge in [-0.1, -0.05) is 41.9 Å². The third-order valence-electron chi connectivity index (χ3n) is 4.50. The number of nitrogens with zero attached hydrogens (tertiary/aromatic N) is 1. The van der Waals surface area contributed by atoms with Gasteiger partial charge in [0.05, 0.1) is 0 Å². The quantitative estimate of drug-likeness (QED) is 0.756. The molecule has 0 atom stereocenters. The maximum absolute atomic E-state index is 12.4. The molecule has 1 aliphatic carbocycles. The van der Waals surface area contributed by atoms with Crippen molar-refractivity contribution in [1.29, 1.82) is 0 Å². The molecule has 134 valence electrons. The van der Waals surface area contributed by atoms with E-state index in [1.54, 1.807) is 0 Å². The normalized spacial score (nSPS) is 21.2. The standard InChI is InChI=1S/C18H22ClN3O2S/c19-18-11-10-17(13-21-18)25(23,24)22-16-8-6-15(7-9-16)20-12-14-4-2-1-3-5-14/h1-5,10-11,13,15-16,20,22H,6-9,12H2. The minimum Gasteiger partial charge on any atom is -0.310 e. The van der Waals surface area contributed by atoms with Crippen molar-refractivity contribution in [3.63, 3.8) is 0 Å². The monoisotopic (exact) mass is 379 g/mol. The molecule has 0 unspecified atom stereocenters.